The molecule has 7 rings (SSSR count). The topological polar surface area (TPSA) is 182 Å². The number of aromatic nitrogens is 1. The number of nitrogens with one attached hydrogen (secondary N) is 3. The summed E-state index contributed by atoms with van der Waals surface area (Å²) >= 11 is 0. The summed E-state index contributed by atoms with van der Waals surface area (Å²) in [6.45, 7) is 6.87. The number of allylic oxidation sites excluding steroid dienone is 1. The Morgan fingerprint density at radius 1 is 1.08 bits per heavy atom. The first-order chi connectivity index (χ1) is 27.6. The Bertz CT molecular complexity index is 2190. The lowest BCUT2D eigenvalue weighted by molar-refractivity contribution is -0.144. The quantitative estimate of drug-likeness (QED) is 0.316. The zero-order valence-electron chi connectivity index (χ0n) is 33.9. The second-order valence-electron chi connectivity index (χ2n) is 18.2. The molecular weight excluding hydrogens is 796 g/mol. The van der Waals surface area contributed by atoms with Gasteiger partial charge >= 0.3 is 12.3 Å². The smallest absolute Gasteiger partial charge is 0.437 e. The molecule has 1 saturated heterocycles. The predicted molar refractivity (Wildman–Crippen MR) is 209 cm³/mol. The fourth-order valence-electron chi connectivity index (χ4n) is 8.29. The number of alkyl halides is 3. The highest BCUT2D eigenvalue weighted by molar-refractivity contribution is 7.91. The molecule has 1 spiro atoms. The van der Waals surface area contributed by atoms with Crippen molar-refractivity contribution in [3.05, 3.63) is 41.6 Å². The van der Waals surface area contributed by atoms with E-state index in [1.807, 2.05) is 26.8 Å². The number of hydrogen-bond acceptors (Lipinski definition) is 10. The van der Waals surface area contributed by atoms with E-state index in [9.17, 15) is 40.8 Å². The number of methoxy groups -OCH3 is 1. The molecule has 2 aromatic rings. The molecule has 4 amide bonds. The average Bonchev–Trinajstić information content (AvgIpc) is 4.06. The van der Waals surface area contributed by atoms with E-state index < -0.39 is 85.3 Å². The van der Waals surface area contributed by atoms with Crippen molar-refractivity contribution in [2.75, 3.05) is 20.3 Å². The average molecular weight is 848 g/mol. The third kappa shape index (κ3) is 8.55. The molecule has 0 unspecified atom stereocenters. The van der Waals surface area contributed by atoms with E-state index in [-0.39, 0.29) is 61.8 Å². The van der Waals surface area contributed by atoms with Crippen molar-refractivity contribution in [2.45, 2.75) is 132 Å². The standard InChI is InChI=1S/C41H52F3N5O9S/c1-37(2,3)23-57-36(53)46-29-12-10-8-6-7-9-11-24-20-40(24,35(52)48-59(54,55)38(4)17-18-38)47-33(50)30-21-39(22-49(30)34(29)51)16-15-26-27-19-25(56-5)13-14-28(27)45-32(31(26)58-39)41(42,43)44/h9,11,13-14,19,24,29-30H,6-8,10,12,15-18,20-23H2,1-5H3,(H,46,53)(H,47,50)(H,48,52)/b11-9-/t24-,29+,30+,39-,40-/m1/s1. The first kappa shape index (κ1) is 42.5. The molecule has 3 N–H and O–H groups in total. The van der Waals surface area contributed by atoms with Crippen LogP contribution in [0.3, 0.4) is 0 Å². The summed E-state index contributed by atoms with van der Waals surface area (Å²) in [6, 6.07) is 1.97. The number of ether oxygens (including phenoxy) is 3. The van der Waals surface area contributed by atoms with E-state index in [2.05, 4.69) is 20.3 Å². The van der Waals surface area contributed by atoms with Crippen molar-refractivity contribution in [2.24, 2.45) is 11.3 Å². The van der Waals surface area contributed by atoms with Gasteiger partial charge in [-0.1, -0.05) is 45.8 Å². The monoisotopic (exact) mass is 847 g/mol. The van der Waals surface area contributed by atoms with Gasteiger partial charge in [0.05, 0.1) is 30.5 Å². The molecule has 14 nitrogen and oxygen atoms in total. The highest BCUT2D eigenvalue weighted by Crippen LogP contribution is 2.50. The van der Waals surface area contributed by atoms with E-state index in [4.69, 9.17) is 14.2 Å². The fraction of sp³-hybridized carbons (Fsp3) is 0.634. The minimum Gasteiger partial charge on any atom is -0.497 e. The molecule has 0 bridgehead atoms. The summed E-state index contributed by atoms with van der Waals surface area (Å²) in [5, 5.41) is 5.87. The molecule has 5 aliphatic rings. The second kappa shape index (κ2) is 15.1. The lowest BCUT2D eigenvalue weighted by atomic mass is 9.87. The number of sulfonamides is 1. The molecule has 2 saturated carbocycles. The Morgan fingerprint density at radius 2 is 1.83 bits per heavy atom. The first-order valence-electron chi connectivity index (χ1n) is 20.2. The number of carbonyl (C=O) groups excluding carboxylic acids is 4. The van der Waals surface area contributed by atoms with Crippen molar-refractivity contribution in [1.82, 2.24) is 25.2 Å². The SMILES string of the molecule is COc1ccc2nc(C(F)(F)F)c3c(c2c1)CC[C@]1(C[C@H]2C(=O)N[C@]4(C(=O)NS(=O)(=O)C5(C)CC5)C[C@H]4/C=C\CCCCC[C@H](NC(=O)OCC(C)(C)C)C(=O)N2C1)O3. The number of benzene rings is 1. The van der Waals surface area contributed by atoms with E-state index in [0.29, 0.717) is 49.7 Å². The summed E-state index contributed by atoms with van der Waals surface area (Å²) in [4.78, 5) is 61.6. The number of rotatable bonds is 6. The van der Waals surface area contributed by atoms with Gasteiger partial charge in [0.15, 0.2) is 11.4 Å². The Kier molecular flexibility index (Phi) is 10.9. The zero-order valence-corrected chi connectivity index (χ0v) is 34.7. The first-order valence-corrected chi connectivity index (χ1v) is 21.6. The minimum atomic E-state index is -4.93. The lowest BCUT2D eigenvalue weighted by Gasteiger charge is -2.37. The van der Waals surface area contributed by atoms with Crippen molar-refractivity contribution in [3.8, 4) is 11.5 Å². The van der Waals surface area contributed by atoms with Gasteiger partial charge in [-0.2, -0.15) is 13.2 Å². The number of amides is 4. The Hall–Kier alpha value is -4.61. The van der Waals surface area contributed by atoms with Crippen LogP contribution in [0, 0.1) is 11.3 Å². The maximum atomic E-state index is 14.8. The maximum absolute atomic E-state index is 14.8. The van der Waals surface area contributed by atoms with Gasteiger partial charge in [-0.3, -0.25) is 19.1 Å². The van der Waals surface area contributed by atoms with Crippen molar-refractivity contribution < 1.29 is 55.0 Å². The number of alkyl carbamates (subject to hydrolysis) is 1. The van der Waals surface area contributed by atoms with E-state index >= 15 is 0 Å². The van der Waals surface area contributed by atoms with Crippen LogP contribution >= 0.6 is 0 Å². The van der Waals surface area contributed by atoms with Gasteiger partial charge in [-0.05, 0) is 81.9 Å². The Labute approximate surface area is 341 Å². The lowest BCUT2D eigenvalue weighted by Crippen LogP contribution is -2.58. The molecule has 322 valence electrons. The zero-order chi connectivity index (χ0) is 42.8. The molecule has 2 aliphatic carbocycles. The molecule has 1 aromatic carbocycles. The van der Waals surface area contributed by atoms with Crippen LogP contribution < -0.4 is 24.8 Å². The number of halogens is 3. The van der Waals surface area contributed by atoms with Crippen LogP contribution in [-0.4, -0.2) is 90.3 Å². The van der Waals surface area contributed by atoms with Crippen LogP contribution in [0.1, 0.15) is 103 Å². The fourth-order valence-corrected chi connectivity index (χ4v) is 9.61. The summed E-state index contributed by atoms with van der Waals surface area (Å²) < 4.78 is 88.9. The van der Waals surface area contributed by atoms with Crippen LogP contribution in [-0.2, 0) is 41.7 Å². The Balaban J connectivity index is 1.26. The van der Waals surface area contributed by atoms with Crippen LogP contribution in [0.25, 0.3) is 10.9 Å². The number of pyridine rings is 1. The molecule has 59 heavy (non-hydrogen) atoms. The van der Waals surface area contributed by atoms with E-state index in [0.717, 1.165) is 0 Å². The molecule has 1 aromatic heterocycles. The number of hydrogen-bond donors (Lipinski definition) is 3. The minimum absolute atomic E-state index is 0.0491. The largest absolute Gasteiger partial charge is 0.497 e. The molecule has 5 atom stereocenters. The van der Waals surface area contributed by atoms with Gasteiger partial charge in [0.2, 0.25) is 21.8 Å². The van der Waals surface area contributed by atoms with Gasteiger partial charge in [0, 0.05) is 23.3 Å². The highest BCUT2D eigenvalue weighted by atomic mass is 32.2. The second-order valence-corrected chi connectivity index (χ2v) is 20.4. The van der Waals surface area contributed by atoms with E-state index in [1.165, 1.54) is 31.1 Å². The van der Waals surface area contributed by atoms with Gasteiger partial charge in [-0.15, -0.1) is 0 Å². The molecule has 3 fully saturated rings. The van der Waals surface area contributed by atoms with Crippen molar-refractivity contribution >= 4 is 44.7 Å². The number of nitrogens with zero attached hydrogens (tertiary/aromatic N) is 2. The number of carbonyl (C=O) groups is 4. The third-order valence-corrected chi connectivity index (χ3v) is 14.4. The molecule has 3 aliphatic heterocycles. The molecule has 18 heteroatoms. The third-order valence-electron chi connectivity index (χ3n) is 12.2. The predicted octanol–water partition coefficient (Wildman–Crippen LogP) is 5.46. The number of fused-ring (bicyclic) bond motifs is 5. The van der Waals surface area contributed by atoms with Gasteiger partial charge in [-0.25, -0.2) is 18.2 Å². The molecule has 4 heterocycles. The maximum Gasteiger partial charge on any atom is 0.437 e. The summed E-state index contributed by atoms with van der Waals surface area (Å²) in [5.41, 5.74) is -4.48. The van der Waals surface area contributed by atoms with Crippen molar-refractivity contribution in [3.63, 3.8) is 0 Å². The van der Waals surface area contributed by atoms with Gasteiger partial charge in [0.25, 0.3) is 5.91 Å². The van der Waals surface area contributed by atoms with Gasteiger partial charge in [0.1, 0.15) is 29.0 Å². The normalized spacial score (nSPS) is 28.7. The Morgan fingerprint density at radius 3 is 2.51 bits per heavy atom. The van der Waals surface area contributed by atoms with Crippen LogP contribution in [0.2, 0.25) is 0 Å². The molecule has 0 radical (unpaired) electrons. The van der Waals surface area contributed by atoms with E-state index in [1.54, 1.807) is 12.1 Å². The van der Waals surface area contributed by atoms with Gasteiger partial charge < -0.3 is 29.7 Å². The van der Waals surface area contributed by atoms with Crippen LogP contribution in [0.4, 0.5) is 18.0 Å². The molecular formula is C41H52F3N5O9S. The van der Waals surface area contributed by atoms with Crippen LogP contribution in [0.15, 0.2) is 30.4 Å². The highest BCUT2D eigenvalue weighted by Gasteiger charge is 2.64. The van der Waals surface area contributed by atoms with Crippen LogP contribution in [0.5, 0.6) is 11.5 Å². The summed E-state index contributed by atoms with van der Waals surface area (Å²) in [5.74, 6) is -3.07. The summed E-state index contributed by atoms with van der Waals surface area (Å²) in [6.07, 6.45) is 1.28. The summed E-state index contributed by atoms with van der Waals surface area (Å²) in [7, 11) is -2.66. The number of aryl methyl sites for hydroxylation is 1. The van der Waals surface area contributed by atoms with Crippen molar-refractivity contribution in [1.29, 1.82) is 0 Å².